The van der Waals surface area contributed by atoms with Crippen LogP contribution in [0.2, 0.25) is 0 Å². The molecule has 0 aromatic heterocycles. The van der Waals surface area contributed by atoms with Crippen LogP contribution < -0.4 is 5.32 Å². The van der Waals surface area contributed by atoms with Crippen LogP contribution >= 0.6 is 15.9 Å². The van der Waals surface area contributed by atoms with Gasteiger partial charge in [0.2, 0.25) is 0 Å². The minimum atomic E-state index is -0.434. The van der Waals surface area contributed by atoms with Gasteiger partial charge in [0.05, 0.1) is 16.7 Å². The molecule has 2 aromatic rings. The number of hydrogen-bond donors (Lipinski definition) is 1. The largest absolute Gasteiger partial charge is 0.376 e. The standard InChI is InChI=1S/C15H14BrFN2O2/c1-2-14(10-4-3-5-12(8-10)19(20)21)18-15-7-6-11(16)9-13(15)17/h3-9,14,18H,2H2,1H3. The molecule has 1 unspecified atom stereocenters. The van der Waals surface area contributed by atoms with E-state index in [0.717, 1.165) is 5.56 Å². The Labute approximate surface area is 130 Å². The number of benzene rings is 2. The second kappa shape index (κ2) is 6.67. The minimum absolute atomic E-state index is 0.0315. The minimum Gasteiger partial charge on any atom is -0.376 e. The van der Waals surface area contributed by atoms with Gasteiger partial charge in [-0.3, -0.25) is 10.1 Å². The third-order valence-electron chi connectivity index (χ3n) is 3.15. The summed E-state index contributed by atoms with van der Waals surface area (Å²) in [4.78, 5) is 10.4. The smallest absolute Gasteiger partial charge is 0.269 e. The van der Waals surface area contributed by atoms with Gasteiger partial charge in [0.15, 0.2) is 0 Å². The fourth-order valence-electron chi connectivity index (χ4n) is 2.07. The molecule has 4 nitrogen and oxygen atoms in total. The molecule has 0 saturated heterocycles. The fraction of sp³-hybridized carbons (Fsp3) is 0.200. The van der Waals surface area contributed by atoms with Crippen molar-refractivity contribution in [2.45, 2.75) is 19.4 Å². The maximum absolute atomic E-state index is 13.9. The second-order valence-electron chi connectivity index (χ2n) is 4.58. The van der Waals surface area contributed by atoms with Gasteiger partial charge in [0.1, 0.15) is 5.82 Å². The van der Waals surface area contributed by atoms with E-state index in [0.29, 0.717) is 16.6 Å². The summed E-state index contributed by atoms with van der Waals surface area (Å²) in [6.07, 6.45) is 0.677. The zero-order valence-corrected chi connectivity index (χ0v) is 12.9. The SMILES string of the molecule is CCC(Nc1ccc(Br)cc1F)c1cccc([N+](=O)[O-])c1. The van der Waals surface area contributed by atoms with Crippen molar-refractivity contribution in [1.82, 2.24) is 0 Å². The van der Waals surface area contributed by atoms with Crippen LogP contribution in [0, 0.1) is 15.9 Å². The molecule has 2 aromatic carbocycles. The lowest BCUT2D eigenvalue weighted by Gasteiger charge is -2.19. The van der Waals surface area contributed by atoms with Gasteiger partial charge in [-0.1, -0.05) is 35.0 Å². The maximum Gasteiger partial charge on any atom is 0.269 e. The Morgan fingerprint density at radius 3 is 2.71 bits per heavy atom. The molecule has 0 spiro atoms. The Bertz CT molecular complexity index is 664. The van der Waals surface area contributed by atoms with Gasteiger partial charge in [0, 0.05) is 16.6 Å². The molecule has 0 saturated carbocycles. The zero-order valence-electron chi connectivity index (χ0n) is 11.3. The molecule has 2 rings (SSSR count). The number of nitrogens with zero attached hydrogens (tertiary/aromatic N) is 1. The number of non-ortho nitro benzene ring substituents is 1. The summed E-state index contributed by atoms with van der Waals surface area (Å²) in [5.74, 6) is -0.367. The third-order valence-corrected chi connectivity index (χ3v) is 3.65. The molecular formula is C15H14BrFN2O2. The van der Waals surface area contributed by atoms with Crippen LogP contribution in [-0.2, 0) is 0 Å². The van der Waals surface area contributed by atoms with E-state index in [-0.39, 0.29) is 17.5 Å². The van der Waals surface area contributed by atoms with Gasteiger partial charge < -0.3 is 5.32 Å². The first-order valence-corrected chi connectivity index (χ1v) is 7.26. The molecule has 0 amide bonds. The normalized spacial score (nSPS) is 12.0. The lowest BCUT2D eigenvalue weighted by atomic mass is 10.0. The predicted octanol–water partition coefficient (Wildman–Crippen LogP) is 5.06. The highest BCUT2D eigenvalue weighted by molar-refractivity contribution is 9.10. The Balaban J connectivity index is 2.27. The van der Waals surface area contributed by atoms with Crippen LogP contribution in [-0.4, -0.2) is 4.92 Å². The summed E-state index contributed by atoms with van der Waals surface area (Å²) in [5.41, 5.74) is 1.16. The lowest BCUT2D eigenvalue weighted by molar-refractivity contribution is -0.384. The van der Waals surface area contributed by atoms with Crippen LogP contribution in [0.15, 0.2) is 46.9 Å². The van der Waals surface area contributed by atoms with E-state index in [1.165, 1.54) is 18.2 Å². The highest BCUT2D eigenvalue weighted by Gasteiger charge is 2.15. The molecule has 0 bridgehead atoms. The molecule has 1 atom stereocenters. The van der Waals surface area contributed by atoms with Crippen molar-refractivity contribution in [2.24, 2.45) is 0 Å². The average Bonchev–Trinajstić information content (AvgIpc) is 2.46. The number of anilines is 1. The zero-order chi connectivity index (χ0) is 15.4. The molecule has 0 radical (unpaired) electrons. The number of nitrogens with one attached hydrogen (secondary N) is 1. The first-order valence-electron chi connectivity index (χ1n) is 6.47. The number of nitro benzene ring substituents is 1. The summed E-state index contributed by atoms with van der Waals surface area (Å²) < 4.78 is 14.5. The summed E-state index contributed by atoms with van der Waals surface area (Å²) in [6.45, 7) is 1.94. The number of hydrogen-bond acceptors (Lipinski definition) is 3. The van der Waals surface area contributed by atoms with Crippen LogP contribution in [0.4, 0.5) is 15.8 Å². The van der Waals surface area contributed by atoms with Crippen molar-refractivity contribution in [3.63, 3.8) is 0 Å². The van der Waals surface area contributed by atoms with Crippen molar-refractivity contribution < 1.29 is 9.31 Å². The van der Waals surface area contributed by atoms with E-state index in [1.54, 1.807) is 24.3 Å². The summed E-state index contributed by atoms with van der Waals surface area (Å²) in [7, 11) is 0. The van der Waals surface area contributed by atoms with Gasteiger partial charge in [-0.2, -0.15) is 0 Å². The molecule has 0 heterocycles. The van der Waals surface area contributed by atoms with E-state index >= 15 is 0 Å². The quantitative estimate of drug-likeness (QED) is 0.604. The summed E-state index contributed by atoms with van der Waals surface area (Å²) in [5, 5.41) is 13.9. The van der Waals surface area contributed by atoms with Crippen molar-refractivity contribution in [2.75, 3.05) is 5.32 Å². The van der Waals surface area contributed by atoms with Gasteiger partial charge in [-0.05, 0) is 30.2 Å². The molecule has 0 aliphatic rings. The highest BCUT2D eigenvalue weighted by atomic mass is 79.9. The average molecular weight is 353 g/mol. The van der Waals surface area contributed by atoms with Crippen molar-refractivity contribution >= 4 is 27.3 Å². The molecule has 1 N–H and O–H groups in total. The fourth-order valence-corrected chi connectivity index (χ4v) is 2.40. The van der Waals surface area contributed by atoms with E-state index in [1.807, 2.05) is 6.92 Å². The van der Waals surface area contributed by atoms with Gasteiger partial charge >= 0.3 is 0 Å². The molecular weight excluding hydrogens is 339 g/mol. The van der Waals surface area contributed by atoms with Crippen molar-refractivity contribution in [3.05, 3.63) is 68.4 Å². The van der Waals surface area contributed by atoms with Crippen LogP contribution in [0.1, 0.15) is 24.9 Å². The van der Waals surface area contributed by atoms with E-state index in [9.17, 15) is 14.5 Å². The maximum atomic E-state index is 13.9. The summed E-state index contributed by atoms with van der Waals surface area (Å²) >= 11 is 3.21. The molecule has 0 aliphatic heterocycles. The second-order valence-corrected chi connectivity index (χ2v) is 5.50. The Hall–Kier alpha value is -1.95. The monoisotopic (exact) mass is 352 g/mol. The molecule has 110 valence electrons. The lowest BCUT2D eigenvalue weighted by Crippen LogP contribution is -2.11. The van der Waals surface area contributed by atoms with Gasteiger partial charge in [0.25, 0.3) is 5.69 Å². The Morgan fingerprint density at radius 2 is 2.10 bits per heavy atom. The Kier molecular flexibility index (Phi) is 4.90. The predicted molar refractivity (Wildman–Crippen MR) is 83.9 cm³/mol. The van der Waals surface area contributed by atoms with E-state index in [4.69, 9.17) is 0 Å². The first-order chi connectivity index (χ1) is 10.0. The molecule has 0 aliphatic carbocycles. The van der Waals surface area contributed by atoms with E-state index in [2.05, 4.69) is 21.2 Å². The molecule has 21 heavy (non-hydrogen) atoms. The molecule has 6 heteroatoms. The molecule has 0 fully saturated rings. The summed E-state index contributed by atoms with van der Waals surface area (Å²) in [6, 6.07) is 10.9. The van der Waals surface area contributed by atoms with Crippen LogP contribution in [0.25, 0.3) is 0 Å². The van der Waals surface area contributed by atoms with Crippen LogP contribution in [0.3, 0.4) is 0 Å². The number of nitro groups is 1. The van der Waals surface area contributed by atoms with Gasteiger partial charge in [-0.25, -0.2) is 4.39 Å². The third kappa shape index (κ3) is 3.78. The first kappa shape index (κ1) is 15.4. The van der Waals surface area contributed by atoms with Crippen LogP contribution in [0.5, 0.6) is 0 Å². The van der Waals surface area contributed by atoms with E-state index < -0.39 is 4.92 Å². The van der Waals surface area contributed by atoms with Crippen molar-refractivity contribution in [1.29, 1.82) is 0 Å². The number of rotatable bonds is 5. The van der Waals surface area contributed by atoms with Gasteiger partial charge in [-0.15, -0.1) is 0 Å². The topological polar surface area (TPSA) is 55.2 Å². The van der Waals surface area contributed by atoms with Crippen molar-refractivity contribution in [3.8, 4) is 0 Å². The highest BCUT2D eigenvalue weighted by Crippen LogP contribution is 2.28. The Morgan fingerprint density at radius 1 is 1.33 bits per heavy atom. The number of halogens is 2.